The van der Waals surface area contributed by atoms with Crippen LogP contribution in [0.2, 0.25) is 0 Å². The third-order valence-corrected chi connectivity index (χ3v) is 4.33. The standard InChI is InChI=1S/C12H17N5O4S.ClH/c1-12(2,13)6-15-22(20,21)7-4-8-9(14-5-7)17(3)11(19)16-10(8)18;/h4-5,15H,6,13H2,1-3H3,(H,16,18,19);1H. The van der Waals surface area contributed by atoms with E-state index in [0.717, 1.165) is 10.8 Å². The van der Waals surface area contributed by atoms with Crippen molar-refractivity contribution in [3.8, 4) is 0 Å². The molecule has 0 aliphatic heterocycles. The molecule has 0 saturated carbocycles. The van der Waals surface area contributed by atoms with Gasteiger partial charge in [-0.25, -0.2) is 22.9 Å². The highest BCUT2D eigenvalue weighted by Gasteiger charge is 2.20. The number of hydrogen-bond donors (Lipinski definition) is 3. The van der Waals surface area contributed by atoms with Crippen molar-refractivity contribution in [3.05, 3.63) is 33.1 Å². The molecule has 2 heterocycles. The Morgan fingerprint density at radius 1 is 1.39 bits per heavy atom. The molecule has 4 N–H and O–H groups in total. The largest absolute Gasteiger partial charge is 0.329 e. The molecule has 128 valence electrons. The lowest BCUT2D eigenvalue weighted by Gasteiger charge is -2.18. The fourth-order valence-electron chi connectivity index (χ4n) is 1.73. The lowest BCUT2D eigenvalue weighted by Crippen LogP contribution is -2.45. The van der Waals surface area contributed by atoms with Crippen molar-refractivity contribution in [1.82, 2.24) is 19.3 Å². The van der Waals surface area contributed by atoms with Crippen molar-refractivity contribution >= 4 is 33.5 Å². The average molecular weight is 364 g/mol. The van der Waals surface area contributed by atoms with Crippen LogP contribution in [0.3, 0.4) is 0 Å². The van der Waals surface area contributed by atoms with Crippen molar-refractivity contribution in [1.29, 1.82) is 0 Å². The zero-order valence-corrected chi connectivity index (χ0v) is 14.4. The van der Waals surface area contributed by atoms with Gasteiger partial charge in [-0.1, -0.05) is 0 Å². The number of halogens is 1. The molecule has 0 bridgehead atoms. The van der Waals surface area contributed by atoms with Crippen LogP contribution in [0.4, 0.5) is 0 Å². The van der Waals surface area contributed by atoms with Crippen LogP contribution in [0.5, 0.6) is 0 Å². The normalized spacial score (nSPS) is 12.2. The minimum absolute atomic E-state index is 0. The molecule has 23 heavy (non-hydrogen) atoms. The van der Waals surface area contributed by atoms with Crippen LogP contribution in [0, 0.1) is 0 Å². The molecule has 9 nitrogen and oxygen atoms in total. The summed E-state index contributed by atoms with van der Waals surface area (Å²) < 4.78 is 27.9. The number of pyridine rings is 1. The number of sulfonamides is 1. The summed E-state index contributed by atoms with van der Waals surface area (Å²) in [6.45, 7) is 3.38. The number of aromatic amines is 1. The maximum atomic E-state index is 12.2. The topological polar surface area (TPSA) is 140 Å². The number of aromatic nitrogens is 3. The van der Waals surface area contributed by atoms with Crippen LogP contribution in [0.15, 0.2) is 26.7 Å². The molecule has 0 fully saturated rings. The van der Waals surface area contributed by atoms with E-state index in [1.807, 2.05) is 0 Å². The monoisotopic (exact) mass is 363 g/mol. The fourth-order valence-corrected chi connectivity index (χ4v) is 2.92. The minimum Gasteiger partial charge on any atom is -0.324 e. The third kappa shape index (κ3) is 4.16. The Hall–Kier alpha value is -1.75. The van der Waals surface area contributed by atoms with E-state index in [1.54, 1.807) is 13.8 Å². The molecule has 2 aromatic rings. The Balaban J connectivity index is 0.00000264. The third-order valence-electron chi connectivity index (χ3n) is 2.96. The van der Waals surface area contributed by atoms with Gasteiger partial charge in [-0.3, -0.25) is 14.3 Å². The first-order valence-corrected chi connectivity index (χ1v) is 7.87. The van der Waals surface area contributed by atoms with E-state index in [9.17, 15) is 18.0 Å². The number of nitrogens with two attached hydrogens (primary N) is 1. The number of rotatable bonds is 4. The molecule has 0 aliphatic carbocycles. The molecular weight excluding hydrogens is 346 g/mol. The lowest BCUT2D eigenvalue weighted by molar-refractivity contribution is 0.498. The van der Waals surface area contributed by atoms with Crippen molar-refractivity contribution in [3.63, 3.8) is 0 Å². The molecule has 2 rings (SSSR count). The summed E-state index contributed by atoms with van der Waals surface area (Å²) in [6.07, 6.45) is 1.09. The zero-order valence-electron chi connectivity index (χ0n) is 12.8. The molecule has 0 radical (unpaired) electrons. The number of fused-ring (bicyclic) bond motifs is 1. The van der Waals surface area contributed by atoms with Gasteiger partial charge in [-0.05, 0) is 19.9 Å². The Labute approximate surface area is 138 Å². The van der Waals surface area contributed by atoms with Gasteiger partial charge in [0.2, 0.25) is 10.0 Å². The van der Waals surface area contributed by atoms with Crippen LogP contribution in [0.25, 0.3) is 11.0 Å². The van der Waals surface area contributed by atoms with Crippen LogP contribution in [-0.2, 0) is 17.1 Å². The Morgan fingerprint density at radius 2 is 2.00 bits per heavy atom. The van der Waals surface area contributed by atoms with Crippen molar-refractivity contribution in [2.75, 3.05) is 6.54 Å². The first kappa shape index (κ1) is 19.3. The Morgan fingerprint density at radius 3 is 2.57 bits per heavy atom. The van der Waals surface area contributed by atoms with Gasteiger partial charge in [0.15, 0.2) is 0 Å². The number of aryl methyl sites for hydroxylation is 1. The van der Waals surface area contributed by atoms with Gasteiger partial charge >= 0.3 is 5.69 Å². The zero-order chi connectivity index (χ0) is 16.7. The van der Waals surface area contributed by atoms with E-state index in [1.165, 1.54) is 13.1 Å². The predicted molar refractivity (Wildman–Crippen MR) is 88.3 cm³/mol. The molecule has 0 aliphatic rings. The molecular formula is C12H18ClN5O4S. The number of nitrogens with one attached hydrogen (secondary N) is 2. The van der Waals surface area contributed by atoms with E-state index in [2.05, 4.69) is 14.7 Å². The molecule has 0 amide bonds. The van der Waals surface area contributed by atoms with Crippen molar-refractivity contribution in [2.45, 2.75) is 24.3 Å². The number of H-pyrrole nitrogens is 1. The summed E-state index contributed by atoms with van der Waals surface area (Å²) in [5, 5.41) is 0.0111. The van der Waals surface area contributed by atoms with Gasteiger partial charge in [0.25, 0.3) is 5.56 Å². The molecule has 0 saturated heterocycles. The summed E-state index contributed by atoms with van der Waals surface area (Å²) in [6, 6.07) is 1.17. The van der Waals surface area contributed by atoms with Gasteiger partial charge in [-0.15, -0.1) is 12.4 Å². The first-order valence-electron chi connectivity index (χ1n) is 6.39. The Bertz CT molecular complexity index is 943. The quantitative estimate of drug-likeness (QED) is 0.640. The smallest absolute Gasteiger partial charge is 0.324 e. The number of hydrogen-bond acceptors (Lipinski definition) is 6. The molecule has 0 spiro atoms. The van der Waals surface area contributed by atoms with Gasteiger partial charge in [0, 0.05) is 25.3 Å². The highest BCUT2D eigenvalue weighted by molar-refractivity contribution is 7.89. The van der Waals surface area contributed by atoms with Gasteiger partial charge in [0.05, 0.1) is 5.39 Å². The Kier molecular flexibility index (Phi) is 5.37. The fraction of sp³-hybridized carbons (Fsp3) is 0.417. The van der Waals surface area contributed by atoms with Crippen molar-refractivity contribution < 1.29 is 8.42 Å². The van der Waals surface area contributed by atoms with E-state index in [-0.39, 0.29) is 34.9 Å². The minimum atomic E-state index is -3.86. The van der Waals surface area contributed by atoms with Crippen LogP contribution < -0.4 is 21.7 Å². The summed E-state index contributed by atoms with van der Waals surface area (Å²) in [4.78, 5) is 29.1. The second kappa shape index (κ2) is 6.40. The summed E-state index contributed by atoms with van der Waals surface area (Å²) in [5.74, 6) is 0. The van der Waals surface area contributed by atoms with Gasteiger partial charge < -0.3 is 5.73 Å². The summed E-state index contributed by atoms with van der Waals surface area (Å²) in [5.41, 5.74) is 3.80. The molecule has 0 unspecified atom stereocenters. The van der Waals surface area contributed by atoms with E-state index < -0.39 is 26.8 Å². The van der Waals surface area contributed by atoms with E-state index in [0.29, 0.717) is 0 Å². The van der Waals surface area contributed by atoms with Crippen LogP contribution >= 0.6 is 12.4 Å². The highest BCUT2D eigenvalue weighted by Crippen LogP contribution is 2.12. The first-order chi connectivity index (χ1) is 10.0. The average Bonchev–Trinajstić information content (AvgIpc) is 2.42. The number of nitrogens with zero attached hydrogens (tertiary/aromatic N) is 2. The van der Waals surface area contributed by atoms with Crippen LogP contribution in [-0.4, -0.2) is 35.0 Å². The maximum absolute atomic E-state index is 12.2. The van der Waals surface area contributed by atoms with E-state index in [4.69, 9.17) is 5.73 Å². The molecule has 2 aromatic heterocycles. The second-order valence-corrected chi connectivity index (χ2v) is 7.44. The van der Waals surface area contributed by atoms with E-state index >= 15 is 0 Å². The molecule has 11 heteroatoms. The van der Waals surface area contributed by atoms with Crippen molar-refractivity contribution in [2.24, 2.45) is 12.8 Å². The lowest BCUT2D eigenvalue weighted by atomic mass is 10.1. The maximum Gasteiger partial charge on any atom is 0.329 e. The molecule has 0 aromatic carbocycles. The van der Waals surface area contributed by atoms with Gasteiger partial charge in [-0.2, -0.15) is 0 Å². The SMILES string of the molecule is Cl.Cn1c(=O)[nH]c(=O)c2cc(S(=O)(=O)NCC(C)(C)N)cnc21. The second-order valence-electron chi connectivity index (χ2n) is 5.67. The summed E-state index contributed by atoms with van der Waals surface area (Å²) in [7, 11) is -2.43. The van der Waals surface area contributed by atoms with Gasteiger partial charge in [0.1, 0.15) is 10.5 Å². The predicted octanol–water partition coefficient (Wildman–Crippen LogP) is -0.941. The summed E-state index contributed by atoms with van der Waals surface area (Å²) >= 11 is 0. The highest BCUT2D eigenvalue weighted by atomic mass is 35.5. The molecule has 0 atom stereocenters. The van der Waals surface area contributed by atoms with Crippen LogP contribution in [0.1, 0.15) is 13.8 Å².